The SMILES string of the molecule is C=CC(NCCC[N+](C)(C)C)=[N+](S(=O)(=O)F)S(=O)(=O)F. The second-order valence-corrected chi connectivity index (χ2v) is 7.57. The van der Waals surface area contributed by atoms with Crippen LogP contribution < -0.4 is 5.32 Å². The Kier molecular flexibility index (Phi) is 6.24. The van der Waals surface area contributed by atoms with Gasteiger partial charge in [-0.1, -0.05) is 14.4 Å². The third kappa shape index (κ3) is 6.91. The number of rotatable bonds is 7. The highest BCUT2D eigenvalue weighted by molar-refractivity contribution is 7.92. The van der Waals surface area contributed by atoms with Gasteiger partial charge in [0, 0.05) is 15.9 Å². The van der Waals surface area contributed by atoms with E-state index in [0.29, 0.717) is 23.5 Å². The summed E-state index contributed by atoms with van der Waals surface area (Å²) in [5, 5.41) is 2.33. The number of quaternary nitrogens is 1. The lowest BCUT2D eigenvalue weighted by Gasteiger charge is -2.23. The van der Waals surface area contributed by atoms with E-state index < -0.39 is 30.0 Å². The molecule has 0 aromatic rings. The number of nitrogens with zero attached hydrogens (tertiary/aromatic N) is 2. The van der Waals surface area contributed by atoms with Gasteiger partial charge in [-0.3, -0.25) is 5.32 Å². The van der Waals surface area contributed by atoms with Gasteiger partial charge in [-0.05, 0) is 0 Å². The predicted molar refractivity (Wildman–Crippen MR) is 71.0 cm³/mol. The summed E-state index contributed by atoms with van der Waals surface area (Å²) < 4.78 is 68.1. The molecule has 1 N–H and O–H groups in total. The van der Waals surface area contributed by atoms with Crippen LogP contribution in [-0.4, -0.2) is 64.8 Å². The Morgan fingerprint density at radius 3 is 1.95 bits per heavy atom. The zero-order valence-corrected chi connectivity index (χ0v) is 13.1. The second kappa shape index (κ2) is 6.59. The summed E-state index contributed by atoms with van der Waals surface area (Å²) >= 11 is 0. The average Bonchev–Trinajstić information content (AvgIpc) is 2.16. The van der Waals surface area contributed by atoms with E-state index in [9.17, 15) is 24.6 Å². The van der Waals surface area contributed by atoms with Crippen LogP contribution in [0.2, 0.25) is 0 Å². The van der Waals surface area contributed by atoms with Gasteiger partial charge in [-0.2, -0.15) is 16.8 Å². The highest BCUT2D eigenvalue weighted by atomic mass is 32.3. The fourth-order valence-electron chi connectivity index (χ4n) is 1.32. The molecule has 7 nitrogen and oxygen atoms in total. The van der Waals surface area contributed by atoms with Gasteiger partial charge >= 0.3 is 26.7 Å². The van der Waals surface area contributed by atoms with Crippen LogP contribution in [0.25, 0.3) is 0 Å². The summed E-state index contributed by atoms with van der Waals surface area (Å²) in [4.78, 5) is 0. The minimum atomic E-state index is -5.80. The summed E-state index contributed by atoms with van der Waals surface area (Å²) in [5.74, 6) is -0.795. The maximum absolute atomic E-state index is 12.9. The average molecular weight is 335 g/mol. The fourth-order valence-corrected chi connectivity index (χ4v) is 2.92. The first-order valence-corrected chi connectivity index (χ1v) is 8.20. The topological polar surface area (TPSA) is 83.3 Å². The summed E-state index contributed by atoms with van der Waals surface area (Å²) in [5.41, 5.74) is 0. The molecule has 0 aliphatic carbocycles. The third-order valence-corrected chi connectivity index (χ3v) is 4.35. The Hall–Kier alpha value is -1.07. The summed E-state index contributed by atoms with van der Waals surface area (Å²) in [6, 6.07) is 0. The normalized spacial score (nSPS) is 12.8. The van der Waals surface area contributed by atoms with Crippen molar-refractivity contribution in [2.45, 2.75) is 6.42 Å². The van der Waals surface area contributed by atoms with Crippen molar-refractivity contribution in [2.75, 3.05) is 34.2 Å². The number of halogens is 2. The second-order valence-electron chi connectivity index (χ2n) is 4.96. The van der Waals surface area contributed by atoms with E-state index in [1.807, 2.05) is 21.1 Å². The Morgan fingerprint density at radius 2 is 1.65 bits per heavy atom. The van der Waals surface area contributed by atoms with Gasteiger partial charge in [-0.25, -0.2) is 0 Å². The van der Waals surface area contributed by atoms with Gasteiger partial charge < -0.3 is 4.48 Å². The van der Waals surface area contributed by atoms with Crippen LogP contribution in [0.4, 0.5) is 7.77 Å². The van der Waals surface area contributed by atoms with Crippen LogP contribution in [-0.2, 0) is 20.8 Å². The molecular weight excluding hydrogens is 316 g/mol. The van der Waals surface area contributed by atoms with E-state index in [1.54, 1.807) is 0 Å². The van der Waals surface area contributed by atoms with Crippen molar-refractivity contribution in [2.24, 2.45) is 0 Å². The molecule has 0 rings (SSSR count). The largest absolute Gasteiger partial charge is 0.494 e. The third-order valence-electron chi connectivity index (χ3n) is 2.10. The van der Waals surface area contributed by atoms with E-state index in [-0.39, 0.29) is 6.54 Å². The molecule has 0 radical (unpaired) electrons. The van der Waals surface area contributed by atoms with Crippen molar-refractivity contribution in [1.29, 1.82) is 0 Å². The van der Waals surface area contributed by atoms with Gasteiger partial charge in [-0.15, -0.1) is 0 Å². The number of amidine groups is 1. The first-order chi connectivity index (χ1) is 8.79. The minimum Gasteiger partial charge on any atom is -0.331 e. The standard InChI is InChI=1S/C9H18F2N3O4S2/c1-5-9(12-7-6-8-14(2,3)4)13(19(10,15)16)20(11,17)18/h5H,1,6-8H2,2-4H3/q+1/p+1. The highest BCUT2D eigenvalue weighted by Crippen LogP contribution is 2.06. The summed E-state index contributed by atoms with van der Waals surface area (Å²) in [6.07, 6.45) is 1.23. The molecule has 118 valence electrons. The van der Waals surface area contributed by atoms with Crippen molar-refractivity contribution in [3.63, 3.8) is 0 Å². The molecule has 0 bridgehead atoms. The lowest BCUT2D eigenvalue weighted by atomic mass is 10.3. The van der Waals surface area contributed by atoms with Crippen molar-refractivity contribution in [3.05, 3.63) is 12.7 Å². The Morgan fingerprint density at radius 1 is 1.20 bits per heavy atom. The van der Waals surface area contributed by atoms with Gasteiger partial charge in [0.05, 0.1) is 34.2 Å². The zero-order chi connectivity index (χ0) is 16.2. The minimum absolute atomic E-state index is 0.123. The smallest absolute Gasteiger partial charge is 0.331 e. The Balaban J connectivity index is 5.21. The molecule has 0 aliphatic rings. The molecule has 0 heterocycles. The molecule has 0 saturated heterocycles. The van der Waals surface area contributed by atoms with Gasteiger partial charge in [0.1, 0.15) is 0 Å². The predicted octanol–water partition coefficient (Wildman–Crippen LogP) is -0.302. The van der Waals surface area contributed by atoms with Gasteiger partial charge in [0.15, 0.2) is 0 Å². The maximum atomic E-state index is 12.9. The maximum Gasteiger partial charge on any atom is 0.494 e. The summed E-state index contributed by atoms with van der Waals surface area (Å²) in [7, 11) is -5.85. The molecular formula is C9H19F2N3O4S2+2. The van der Waals surface area contributed by atoms with Crippen LogP contribution >= 0.6 is 0 Å². The molecule has 0 atom stereocenters. The van der Waals surface area contributed by atoms with Crippen molar-refractivity contribution in [3.8, 4) is 0 Å². The van der Waals surface area contributed by atoms with Crippen molar-refractivity contribution < 1.29 is 32.5 Å². The number of hydrogen-bond acceptors (Lipinski definition) is 4. The van der Waals surface area contributed by atoms with E-state index in [0.717, 1.165) is 0 Å². The van der Waals surface area contributed by atoms with Crippen LogP contribution in [0.15, 0.2) is 12.7 Å². The van der Waals surface area contributed by atoms with Crippen LogP contribution in [0.3, 0.4) is 0 Å². The van der Waals surface area contributed by atoms with E-state index in [1.165, 1.54) is 0 Å². The molecule has 11 heteroatoms. The highest BCUT2D eigenvalue weighted by Gasteiger charge is 2.37. The quantitative estimate of drug-likeness (QED) is 0.172. The molecule has 0 unspecified atom stereocenters. The first-order valence-electron chi connectivity index (χ1n) is 5.52. The summed E-state index contributed by atoms with van der Waals surface area (Å²) in [6.45, 7) is 3.94. The molecule has 0 fully saturated rings. The van der Waals surface area contributed by atoms with Crippen LogP contribution in [0.1, 0.15) is 6.42 Å². The van der Waals surface area contributed by atoms with Crippen molar-refractivity contribution >= 4 is 26.7 Å². The molecule has 20 heavy (non-hydrogen) atoms. The number of nitrogens with one attached hydrogen (secondary N) is 1. The van der Waals surface area contributed by atoms with Gasteiger partial charge in [0.2, 0.25) is 0 Å². The molecule has 0 aromatic heterocycles. The lowest BCUT2D eigenvalue weighted by Crippen LogP contribution is -2.40. The Labute approximate surface area is 118 Å². The van der Waals surface area contributed by atoms with E-state index >= 15 is 0 Å². The molecule has 0 spiro atoms. The first kappa shape index (κ1) is 18.9. The monoisotopic (exact) mass is 335 g/mol. The van der Waals surface area contributed by atoms with E-state index in [2.05, 4.69) is 11.9 Å². The van der Waals surface area contributed by atoms with Crippen LogP contribution in [0, 0.1) is 0 Å². The number of hydrogen-bond donors (Lipinski definition) is 1. The molecule has 0 amide bonds. The lowest BCUT2D eigenvalue weighted by molar-refractivity contribution is -0.870. The van der Waals surface area contributed by atoms with Crippen LogP contribution in [0.5, 0.6) is 0 Å². The zero-order valence-electron chi connectivity index (χ0n) is 11.5. The molecule has 0 saturated carbocycles. The molecule has 0 aliphatic heterocycles. The Bertz CT molecular complexity index is 557. The van der Waals surface area contributed by atoms with E-state index in [4.69, 9.17) is 0 Å². The molecule has 0 aromatic carbocycles. The fraction of sp³-hybridized carbons (Fsp3) is 0.667. The van der Waals surface area contributed by atoms with Crippen molar-refractivity contribution in [1.82, 2.24) is 5.32 Å². The van der Waals surface area contributed by atoms with Gasteiger partial charge in [0.25, 0.3) is 0 Å².